The molecule has 222 valence electrons. The van der Waals surface area contributed by atoms with Gasteiger partial charge in [0.05, 0.1) is 6.67 Å². The highest BCUT2D eigenvalue weighted by molar-refractivity contribution is 5.64. The lowest BCUT2D eigenvalue weighted by Crippen LogP contribution is -2.13. The second kappa shape index (κ2) is 18.0. The fourth-order valence-corrected chi connectivity index (χ4v) is 7.74. The Morgan fingerprint density at radius 1 is 0.475 bits per heavy atom. The number of benzene rings is 2. The van der Waals surface area contributed by atoms with E-state index in [9.17, 15) is 4.39 Å². The van der Waals surface area contributed by atoms with Gasteiger partial charge in [0.15, 0.2) is 0 Å². The molecule has 0 heterocycles. The van der Waals surface area contributed by atoms with Crippen LogP contribution >= 0.6 is 0 Å². The van der Waals surface area contributed by atoms with Crippen molar-refractivity contribution in [3.8, 4) is 11.1 Å². The van der Waals surface area contributed by atoms with Crippen LogP contribution in [0.1, 0.15) is 165 Å². The van der Waals surface area contributed by atoms with Gasteiger partial charge in [0.1, 0.15) is 0 Å². The Kier molecular flexibility index (Phi) is 14.1. The average Bonchev–Trinajstić information content (AvgIpc) is 3.01. The van der Waals surface area contributed by atoms with E-state index in [4.69, 9.17) is 0 Å². The Morgan fingerprint density at radius 2 is 0.850 bits per heavy atom. The Hall–Kier alpha value is -1.63. The fourth-order valence-electron chi connectivity index (χ4n) is 7.74. The number of alkyl halides is 1. The molecule has 2 aliphatic carbocycles. The van der Waals surface area contributed by atoms with Gasteiger partial charge in [-0.25, -0.2) is 0 Å². The Labute approximate surface area is 246 Å². The molecule has 0 amide bonds. The van der Waals surface area contributed by atoms with Crippen LogP contribution in [-0.4, -0.2) is 6.67 Å². The molecule has 2 fully saturated rings. The molecule has 1 heteroatoms. The molecule has 0 unspecified atom stereocenters. The zero-order valence-corrected chi connectivity index (χ0v) is 25.9. The molecule has 2 aromatic carbocycles. The van der Waals surface area contributed by atoms with Crippen LogP contribution in [0.2, 0.25) is 0 Å². The third kappa shape index (κ3) is 10.3. The summed E-state index contributed by atoms with van der Waals surface area (Å²) in [5, 5.41) is 0. The van der Waals surface area contributed by atoms with Gasteiger partial charge in [-0.05, 0) is 104 Å². The van der Waals surface area contributed by atoms with Crippen LogP contribution in [0, 0.1) is 11.8 Å². The van der Waals surface area contributed by atoms with Crippen molar-refractivity contribution in [1.29, 1.82) is 0 Å². The zero-order chi connectivity index (χ0) is 27.8. The summed E-state index contributed by atoms with van der Waals surface area (Å²) in [4.78, 5) is 0. The lowest BCUT2D eigenvalue weighted by Gasteiger charge is -2.29. The van der Waals surface area contributed by atoms with Crippen molar-refractivity contribution >= 4 is 0 Å². The maximum atomic E-state index is 12.2. The molecule has 0 aromatic heterocycles. The van der Waals surface area contributed by atoms with Crippen molar-refractivity contribution in [3.63, 3.8) is 0 Å². The first-order valence-corrected chi connectivity index (χ1v) is 17.5. The quantitative estimate of drug-likeness (QED) is 0.173. The predicted molar refractivity (Wildman–Crippen MR) is 173 cm³/mol. The van der Waals surface area contributed by atoms with Gasteiger partial charge in [-0.1, -0.05) is 133 Å². The summed E-state index contributed by atoms with van der Waals surface area (Å²) in [5.74, 6) is 3.45. The SMILES string of the molecule is CCCCCCCC1CCC(c2ccc(-c3ccc(C4CCC(CCCCCCCCF)CC4)cc3)cc2)CC1. The maximum absolute atomic E-state index is 12.2. The molecular formula is C39H59F. The van der Waals surface area contributed by atoms with Crippen molar-refractivity contribution in [3.05, 3.63) is 59.7 Å². The number of unbranched alkanes of at least 4 members (excludes halogenated alkanes) is 9. The van der Waals surface area contributed by atoms with E-state index in [-0.39, 0.29) is 6.67 Å². The standard InChI is InChI=1S/C39H59F/c1-2-3-4-7-10-13-32-15-19-34(20-16-32)36-23-27-38(28-24-36)39-29-25-37(26-30-39)35-21-17-33(18-22-35)14-11-8-5-6-9-12-31-40/h23-30,32-35H,2-22,31H2,1H3. The largest absolute Gasteiger partial charge is 0.251 e. The maximum Gasteiger partial charge on any atom is 0.0894 e. The van der Waals surface area contributed by atoms with E-state index in [1.54, 1.807) is 11.1 Å². The smallest absolute Gasteiger partial charge is 0.0894 e. The van der Waals surface area contributed by atoms with Crippen LogP contribution in [0.5, 0.6) is 0 Å². The van der Waals surface area contributed by atoms with E-state index in [1.165, 1.54) is 133 Å². The molecule has 0 saturated heterocycles. The topological polar surface area (TPSA) is 0 Å². The predicted octanol–water partition coefficient (Wildman–Crippen LogP) is 13.0. The molecule has 0 spiro atoms. The summed E-state index contributed by atoms with van der Waals surface area (Å²) in [6.07, 6.45) is 28.2. The summed E-state index contributed by atoms with van der Waals surface area (Å²) >= 11 is 0. The van der Waals surface area contributed by atoms with Gasteiger partial charge < -0.3 is 0 Å². The van der Waals surface area contributed by atoms with E-state index in [0.29, 0.717) is 0 Å². The number of rotatable bonds is 17. The van der Waals surface area contributed by atoms with E-state index >= 15 is 0 Å². The Bertz CT molecular complexity index is 897. The van der Waals surface area contributed by atoms with E-state index in [0.717, 1.165) is 36.5 Å². The minimum absolute atomic E-state index is 0.140. The summed E-state index contributed by atoms with van der Waals surface area (Å²) in [5.41, 5.74) is 5.84. The number of halogens is 1. The normalized spacial score (nSPS) is 23.4. The first-order chi connectivity index (χ1) is 19.8. The van der Waals surface area contributed by atoms with Crippen molar-refractivity contribution in [2.45, 2.75) is 154 Å². The van der Waals surface area contributed by atoms with Gasteiger partial charge >= 0.3 is 0 Å². The monoisotopic (exact) mass is 546 g/mol. The molecule has 4 rings (SSSR count). The first kappa shape index (κ1) is 31.3. The average molecular weight is 547 g/mol. The van der Waals surface area contributed by atoms with Gasteiger partial charge in [-0.3, -0.25) is 4.39 Å². The highest BCUT2D eigenvalue weighted by atomic mass is 19.1. The highest BCUT2D eigenvalue weighted by Gasteiger charge is 2.23. The minimum atomic E-state index is -0.140. The van der Waals surface area contributed by atoms with Gasteiger partial charge in [0.2, 0.25) is 0 Å². The number of hydrogen-bond acceptors (Lipinski definition) is 0. The molecule has 0 bridgehead atoms. The van der Waals surface area contributed by atoms with E-state index < -0.39 is 0 Å². The molecule has 0 aliphatic heterocycles. The molecule has 0 atom stereocenters. The Balaban J connectivity index is 1.15. The molecular weight excluding hydrogens is 487 g/mol. The minimum Gasteiger partial charge on any atom is -0.251 e. The van der Waals surface area contributed by atoms with E-state index in [2.05, 4.69) is 55.5 Å². The van der Waals surface area contributed by atoms with Crippen molar-refractivity contribution in [2.75, 3.05) is 6.67 Å². The third-order valence-corrected chi connectivity index (χ3v) is 10.5. The van der Waals surface area contributed by atoms with Crippen molar-refractivity contribution < 1.29 is 4.39 Å². The molecule has 0 nitrogen and oxygen atoms in total. The zero-order valence-electron chi connectivity index (χ0n) is 25.9. The lowest BCUT2D eigenvalue weighted by atomic mass is 9.76. The van der Waals surface area contributed by atoms with Crippen LogP contribution in [0.25, 0.3) is 11.1 Å². The van der Waals surface area contributed by atoms with Crippen molar-refractivity contribution in [2.24, 2.45) is 11.8 Å². The Morgan fingerprint density at radius 3 is 1.25 bits per heavy atom. The summed E-state index contributed by atoms with van der Waals surface area (Å²) in [6, 6.07) is 19.1. The summed E-state index contributed by atoms with van der Waals surface area (Å²) < 4.78 is 12.2. The summed E-state index contributed by atoms with van der Waals surface area (Å²) in [7, 11) is 0. The molecule has 0 radical (unpaired) electrons. The molecule has 2 aromatic rings. The van der Waals surface area contributed by atoms with Crippen LogP contribution in [0.4, 0.5) is 4.39 Å². The fraction of sp³-hybridized carbons (Fsp3) is 0.692. The molecule has 2 aliphatic rings. The van der Waals surface area contributed by atoms with E-state index in [1.807, 2.05) is 0 Å². The molecule has 0 N–H and O–H groups in total. The molecule has 40 heavy (non-hydrogen) atoms. The van der Waals surface area contributed by atoms with Gasteiger partial charge in [0.25, 0.3) is 0 Å². The highest BCUT2D eigenvalue weighted by Crippen LogP contribution is 2.40. The van der Waals surface area contributed by atoms with Crippen LogP contribution in [0.3, 0.4) is 0 Å². The van der Waals surface area contributed by atoms with Gasteiger partial charge in [-0.2, -0.15) is 0 Å². The second-order valence-corrected chi connectivity index (χ2v) is 13.5. The van der Waals surface area contributed by atoms with Gasteiger partial charge in [0, 0.05) is 0 Å². The van der Waals surface area contributed by atoms with Crippen LogP contribution < -0.4 is 0 Å². The lowest BCUT2D eigenvalue weighted by molar-refractivity contribution is 0.301. The van der Waals surface area contributed by atoms with Crippen molar-refractivity contribution in [1.82, 2.24) is 0 Å². The second-order valence-electron chi connectivity index (χ2n) is 13.5. The first-order valence-electron chi connectivity index (χ1n) is 17.5. The van der Waals surface area contributed by atoms with Crippen LogP contribution in [0.15, 0.2) is 48.5 Å². The van der Waals surface area contributed by atoms with Gasteiger partial charge in [-0.15, -0.1) is 0 Å². The number of hydrogen-bond donors (Lipinski definition) is 0. The third-order valence-electron chi connectivity index (χ3n) is 10.5. The molecule has 2 saturated carbocycles. The van der Waals surface area contributed by atoms with Crippen LogP contribution in [-0.2, 0) is 0 Å². The summed E-state index contributed by atoms with van der Waals surface area (Å²) in [6.45, 7) is 2.17.